The fourth-order valence-corrected chi connectivity index (χ4v) is 1.25. The topological polar surface area (TPSA) is 53.1 Å². The Kier molecular flexibility index (Phi) is 6.31. The zero-order chi connectivity index (χ0) is 11.9. The summed E-state index contributed by atoms with van der Waals surface area (Å²) in [5.41, 5.74) is 5.13. The Morgan fingerprint density at radius 3 is 2.33 bits per heavy atom. The Morgan fingerprint density at radius 2 is 1.93 bits per heavy atom. The van der Waals surface area contributed by atoms with E-state index in [0.717, 1.165) is 0 Å². The van der Waals surface area contributed by atoms with Gasteiger partial charge in [-0.1, -0.05) is 6.92 Å². The predicted octanol–water partition coefficient (Wildman–Crippen LogP) is 1.98. The van der Waals surface area contributed by atoms with Gasteiger partial charge < -0.3 is 5.73 Å². The molecule has 0 aliphatic carbocycles. The first kappa shape index (κ1) is 14.2. The molecule has 15 heavy (non-hydrogen) atoms. The van der Waals surface area contributed by atoms with Crippen LogP contribution in [0.2, 0.25) is 0 Å². The first-order valence-corrected chi connectivity index (χ1v) is 4.97. The quantitative estimate of drug-likeness (QED) is 0.395. The van der Waals surface area contributed by atoms with Crippen molar-refractivity contribution in [3.63, 3.8) is 0 Å². The van der Waals surface area contributed by atoms with Crippen LogP contribution in [0.15, 0.2) is 0 Å². The Labute approximate surface area is 87.9 Å². The van der Waals surface area contributed by atoms with E-state index in [4.69, 9.17) is 11.1 Å². The third-order valence-corrected chi connectivity index (χ3v) is 2.02. The molecule has 0 saturated heterocycles. The van der Waals surface area contributed by atoms with E-state index in [2.05, 4.69) is 0 Å². The van der Waals surface area contributed by atoms with Crippen LogP contribution >= 0.6 is 0 Å². The van der Waals surface area contributed by atoms with Crippen molar-refractivity contribution in [2.24, 2.45) is 5.73 Å². The average molecular weight is 225 g/mol. The molecule has 0 heterocycles. The van der Waals surface area contributed by atoms with Crippen molar-refractivity contribution in [1.82, 2.24) is 4.90 Å². The second-order valence-electron chi connectivity index (χ2n) is 3.47. The number of unbranched alkanes of at least 4 members (excludes halogenated alkanes) is 1. The van der Waals surface area contributed by atoms with Crippen molar-refractivity contribution in [2.45, 2.75) is 32.4 Å². The van der Waals surface area contributed by atoms with Gasteiger partial charge in [-0.15, -0.1) is 0 Å². The summed E-state index contributed by atoms with van der Waals surface area (Å²) in [5.74, 6) is 0.0915. The Morgan fingerprint density at radius 1 is 1.33 bits per heavy atom. The van der Waals surface area contributed by atoms with Crippen LogP contribution in [0.3, 0.4) is 0 Å². The van der Waals surface area contributed by atoms with E-state index >= 15 is 0 Å². The van der Waals surface area contributed by atoms with Crippen molar-refractivity contribution in [1.29, 1.82) is 5.41 Å². The van der Waals surface area contributed by atoms with Gasteiger partial charge in [-0.05, 0) is 25.9 Å². The van der Waals surface area contributed by atoms with Crippen LogP contribution in [0.1, 0.15) is 26.2 Å². The molecule has 0 atom stereocenters. The molecule has 0 radical (unpaired) electrons. The van der Waals surface area contributed by atoms with Gasteiger partial charge in [0.25, 0.3) is 0 Å². The van der Waals surface area contributed by atoms with Gasteiger partial charge in [-0.2, -0.15) is 13.2 Å². The highest BCUT2D eigenvalue weighted by molar-refractivity contribution is 5.76. The standard InChI is InChI=1S/C9H18F3N3/c1-2-15(7-9(10,11)12)6-4-3-5-8(13)14/h2-7H2,1H3,(H3,13,14). The zero-order valence-corrected chi connectivity index (χ0v) is 8.90. The maximum absolute atomic E-state index is 12.0. The number of halogens is 3. The van der Waals surface area contributed by atoms with E-state index in [1.807, 2.05) is 0 Å². The summed E-state index contributed by atoms with van der Waals surface area (Å²) in [6.07, 6.45) is -2.35. The number of amidine groups is 1. The van der Waals surface area contributed by atoms with Gasteiger partial charge in [0.2, 0.25) is 0 Å². The fraction of sp³-hybridized carbons (Fsp3) is 0.889. The van der Waals surface area contributed by atoms with Gasteiger partial charge in [0.1, 0.15) is 0 Å². The van der Waals surface area contributed by atoms with Crippen molar-refractivity contribution in [2.75, 3.05) is 19.6 Å². The number of hydrogen-bond donors (Lipinski definition) is 2. The Bertz CT molecular complexity index is 192. The number of nitrogens with two attached hydrogens (primary N) is 1. The fourth-order valence-electron chi connectivity index (χ4n) is 1.25. The third kappa shape index (κ3) is 9.52. The molecular weight excluding hydrogens is 207 g/mol. The third-order valence-electron chi connectivity index (χ3n) is 2.02. The van der Waals surface area contributed by atoms with Gasteiger partial charge in [-0.25, -0.2) is 0 Å². The van der Waals surface area contributed by atoms with Gasteiger partial charge in [-0.3, -0.25) is 10.3 Å². The molecule has 0 amide bonds. The molecule has 0 fully saturated rings. The summed E-state index contributed by atoms with van der Waals surface area (Å²) in [4.78, 5) is 1.35. The van der Waals surface area contributed by atoms with E-state index in [1.54, 1.807) is 6.92 Å². The highest BCUT2D eigenvalue weighted by atomic mass is 19.4. The monoisotopic (exact) mass is 225 g/mol. The lowest BCUT2D eigenvalue weighted by Crippen LogP contribution is -2.34. The summed E-state index contributed by atoms with van der Waals surface area (Å²) in [6, 6.07) is 0. The molecule has 0 spiro atoms. The van der Waals surface area contributed by atoms with Crippen molar-refractivity contribution in [3.05, 3.63) is 0 Å². The largest absolute Gasteiger partial charge is 0.401 e. The van der Waals surface area contributed by atoms with E-state index < -0.39 is 12.7 Å². The summed E-state index contributed by atoms with van der Waals surface area (Å²) in [7, 11) is 0. The molecule has 0 aromatic rings. The van der Waals surface area contributed by atoms with Crippen LogP contribution in [-0.2, 0) is 0 Å². The average Bonchev–Trinajstić information content (AvgIpc) is 2.08. The molecule has 0 aromatic heterocycles. The predicted molar refractivity (Wildman–Crippen MR) is 53.9 cm³/mol. The van der Waals surface area contributed by atoms with Crippen molar-refractivity contribution in [3.8, 4) is 0 Å². The molecule has 0 bridgehead atoms. The lowest BCUT2D eigenvalue weighted by atomic mass is 10.2. The van der Waals surface area contributed by atoms with E-state index in [1.165, 1.54) is 4.90 Å². The van der Waals surface area contributed by atoms with Crippen LogP contribution in [-0.4, -0.2) is 36.5 Å². The minimum Gasteiger partial charge on any atom is -0.388 e. The molecule has 0 rings (SSSR count). The van der Waals surface area contributed by atoms with Gasteiger partial charge in [0.15, 0.2) is 0 Å². The number of nitrogens with one attached hydrogen (secondary N) is 1. The molecule has 0 aliphatic heterocycles. The molecule has 0 saturated carbocycles. The zero-order valence-electron chi connectivity index (χ0n) is 8.90. The number of rotatable bonds is 7. The molecule has 6 heteroatoms. The maximum Gasteiger partial charge on any atom is 0.401 e. The summed E-state index contributed by atoms with van der Waals surface area (Å²) >= 11 is 0. The van der Waals surface area contributed by atoms with Crippen LogP contribution < -0.4 is 5.73 Å². The van der Waals surface area contributed by atoms with E-state index in [-0.39, 0.29) is 5.84 Å². The van der Waals surface area contributed by atoms with Crippen LogP contribution in [0.5, 0.6) is 0 Å². The highest BCUT2D eigenvalue weighted by Gasteiger charge is 2.29. The highest BCUT2D eigenvalue weighted by Crippen LogP contribution is 2.16. The lowest BCUT2D eigenvalue weighted by molar-refractivity contribution is -0.145. The lowest BCUT2D eigenvalue weighted by Gasteiger charge is -2.21. The number of nitrogens with zero attached hydrogens (tertiary/aromatic N) is 1. The SMILES string of the molecule is CCN(CCCCC(=N)N)CC(F)(F)F. The normalized spacial score (nSPS) is 12.1. The Hall–Kier alpha value is -0.780. The van der Waals surface area contributed by atoms with Crippen molar-refractivity contribution < 1.29 is 13.2 Å². The first-order chi connectivity index (χ1) is 6.85. The summed E-state index contributed by atoms with van der Waals surface area (Å²) in [5, 5.41) is 6.95. The van der Waals surface area contributed by atoms with Crippen LogP contribution in [0, 0.1) is 5.41 Å². The van der Waals surface area contributed by atoms with E-state index in [0.29, 0.717) is 32.4 Å². The van der Waals surface area contributed by atoms with Gasteiger partial charge >= 0.3 is 6.18 Å². The smallest absolute Gasteiger partial charge is 0.388 e. The molecule has 0 aliphatic rings. The second-order valence-corrected chi connectivity index (χ2v) is 3.47. The molecule has 0 unspecified atom stereocenters. The minimum absolute atomic E-state index is 0.0915. The molecule has 3 nitrogen and oxygen atoms in total. The molecular formula is C9H18F3N3. The maximum atomic E-state index is 12.0. The second kappa shape index (κ2) is 6.66. The summed E-state index contributed by atoms with van der Waals surface area (Å²) in [6.45, 7) is 1.64. The first-order valence-electron chi connectivity index (χ1n) is 4.97. The minimum atomic E-state index is -4.13. The van der Waals surface area contributed by atoms with Gasteiger partial charge in [0.05, 0.1) is 12.4 Å². The molecule has 90 valence electrons. The molecule has 0 aromatic carbocycles. The summed E-state index contributed by atoms with van der Waals surface area (Å²) < 4.78 is 36.1. The van der Waals surface area contributed by atoms with Crippen LogP contribution in [0.4, 0.5) is 13.2 Å². The van der Waals surface area contributed by atoms with E-state index in [9.17, 15) is 13.2 Å². The number of alkyl halides is 3. The van der Waals surface area contributed by atoms with Crippen LogP contribution in [0.25, 0.3) is 0 Å². The Balaban J connectivity index is 3.67. The van der Waals surface area contributed by atoms with Gasteiger partial charge in [0, 0.05) is 6.42 Å². The molecule has 3 N–H and O–H groups in total. The number of hydrogen-bond acceptors (Lipinski definition) is 2. The van der Waals surface area contributed by atoms with Crippen molar-refractivity contribution >= 4 is 5.84 Å².